The molecule has 1 amide bonds. The monoisotopic (exact) mass is 437 g/mol. The Balaban J connectivity index is 2.05. The van der Waals surface area contributed by atoms with Crippen LogP contribution in [0, 0.1) is 0 Å². The standard InChI is InChI=1S/C28H39NO3/c1-5-6-7-8-12-15-28(30)29(22-23(2)20-24-13-10-9-11-14-24)19-18-25-16-17-26(31-3)27(21-25)32-4/h9-11,13-14,16-17,20-21H,5-8,12,15,18-19,22H2,1-4H3. The lowest BCUT2D eigenvalue weighted by atomic mass is 10.1. The predicted molar refractivity (Wildman–Crippen MR) is 133 cm³/mol. The highest BCUT2D eigenvalue weighted by Crippen LogP contribution is 2.27. The van der Waals surface area contributed by atoms with Crippen LogP contribution in [0.5, 0.6) is 11.5 Å². The molecular weight excluding hydrogens is 398 g/mol. The smallest absolute Gasteiger partial charge is 0.222 e. The van der Waals surface area contributed by atoms with Gasteiger partial charge in [-0.2, -0.15) is 0 Å². The summed E-state index contributed by atoms with van der Waals surface area (Å²) < 4.78 is 10.8. The molecule has 0 saturated carbocycles. The minimum atomic E-state index is 0.239. The Labute approximate surface area is 194 Å². The summed E-state index contributed by atoms with van der Waals surface area (Å²) in [6, 6.07) is 16.2. The van der Waals surface area contributed by atoms with Gasteiger partial charge < -0.3 is 14.4 Å². The minimum Gasteiger partial charge on any atom is -0.493 e. The molecule has 0 radical (unpaired) electrons. The Morgan fingerprint density at radius 3 is 2.34 bits per heavy atom. The normalized spacial score (nSPS) is 11.3. The van der Waals surface area contributed by atoms with E-state index in [0.29, 0.717) is 19.5 Å². The van der Waals surface area contributed by atoms with Crippen molar-refractivity contribution in [2.45, 2.75) is 58.8 Å². The van der Waals surface area contributed by atoms with Gasteiger partial charge in [-0.3, -0.25) is 4.79 Å². The lowest BCUT2D eigenvalue weighted by molar-refractivity contribution is -0.130. The Bertz CT molecular complexity index is 845. The molecule has 0 heterocycles. The fraction of sp³-hybridized carbons (Fsp3) is 0.464. The van der Waals surface area contributed by atoms with Crippen molar-refractivity contribution in [3.63, 3.8) is 0 Å². The minimum absolute atomic E-state index is 0.239. The van der Waals surface area contributed by atoms with Crippen LogP contribution in [0.2, 0.25) is 0 Å². The fourth-order valence-corrected chi connectivity index (χ4v) is 3.81. The lowest BCUT2D eigenvalue weighted by Gasteiger charge is -2.24. The molecule has 0 spiro atoms. The van der Waals surface area contributed by atoms with Crippen molar-refractivity contribution in [3.05, 3.63) is 65.2 Å². The maximum absolute atomic E-state index is 13.1. The Morgan fingerprint density at radius 2 is 1.66 bits per heavy atom. The molecule has 0 fully saturated rings. The zero-order chi connectivity index (χ0) is 23.2. The number of carbonyl (C=O) groups is 1. The molecular formula is C28H39NO3. The number of hydrogen-bond acceptors (Lipinski definition) is 3. The molecule has 2 aromatic carbocycles. The van der Waals surface area contributed by atoms with Crippen molar-refractivity contribution in [1.82, 2.24) is 4.90 Å². The largest absolute Gasteiger partial charge is 0.493 e. The Kier molecular flexibility index (Phi) is 11.4. The number of hydrogen-bond donors (Lipinski definition) is 0. The summed E-state index contributed by atoms with van der Waals surface area (Å²) in [6.07, 6.45) is 9.33. The number of ether oxygens (including phenoxy) is 2. The van der Waals surface area contributed by atoms with Crippen molar-refractivity contribution >= 4 is 12.0 Å². The SMILES string of the molecule is CCCCCCCC(=O)N(CCc1ccc(OC)c(OC)c1)CC(C)=Cc1ccccc1. The third-order valence-corrected chi connectivity index (χ3v) is 5.62. The lowest BCUT2D eigenvalue weighted by Crippen LogP contribution is -2.34. The van der Waals surface area contributed by atoms with E-state index in [9.17, 15) is 4.79 Å². The van der Waals surface area contributed by atoms with Gasteiger partial charge in [0.05, 0.1) is 14.2 Å². The first-order valence-electron chi connectivity index (χ1n) is 11.8. The van der Waals surface area contributed by atoms with Crippen molar-refractivity contribution < 1.29 is 14.3 Å². The van der Waals surface area contributed by atoms with Crippen molar-refractivity contribution in [2.24, 2.45) is 0 Å². The van der Waals surface area contributed by atoms with Crippen LogP contribution >= 0.6 is 0 Å². The molecule has 32 heavy (non-hydrogen) atoms. The molecule has 0 bridgehead atoms. The maximum Gasteiger partial charge on any atom is 0.222 e. The number of benzene rings is 2. The Morgan fingerprint density at radius 1 is 0.938 bits per heavy atom. The first-order valence-corrected chi connectivity index (χ1v) is 11.8. The number of amides is 1. The van der Waals surface area contributed by atoms with Gasteiger partial charge in [0, 0.05) is 19.5 Å². The van der Waals surface area contributed by atoms with E-state index in [4.69, 9.17) is 9.47 Å². The van der Waals surface area contributed by atoms with Crippen molar-refractivity contribution in [1.29, 1.82) is 0 Å². The predicted octanol–water partition coefficient (Wildman–Crippen LogP) is 6.54. The van der Waals surface area contributed by atoms with Crippen molar-refractivity contribution in [2.75, 3.05) is 27.3 Å². The van der Waals surface area contributed by atoms with Crippen LogP contribution in [0.1, 0.15) is 63.5 Å². The van der Waals surface area contributed by atoms with E-state index < -0.39 is 0 Å². The summed E-state index contributed by atoms with van der Waals surface area (Å²) in [4.78, 5) is 15.1. The van der Waals surface area contributed by atoms with Gasteiger partial charge in [0.15, 0.2) is 11.5 Å². The zero-order valence-corrected chi connectivity index (χ0v) is 20.2. The number of unbranched alkanes of at least 4 members (excludes halogenated alkanes) is 4. The second-order valence-corrected chi connectivity index (χ2v) is 8.32. The second kappa shape index (κ2) is 14.3. The number of rotatable bonds is 14. The average molecular weight is 438 g/mol. The van der Waals surface area contributed by atoms with Crippen LogP contribution in [0.25, 0.3) is 6.08 Å². The first-order chi connectivity index (χ1) is 15.6. The summed E-state index contributed by atoms with van der Waals surface area (Å²) in [5, 5.41) is 0. The summed E-state index contributed by atoms with van der Waals surface area (Å²) >= 11 is 0. The fourth-order valence-electron chi connectivity index (χ4n) is 3.81. The third kappa shape index (κ3) is 8.78. The van der Waals surface area contributed by atoms with Gasteiger partial charge >= 0.3 is 0 Å². The van der Waals surface area contributed by atoms with Gasteiger partial charge in [-0.25, -0.2) is 0 Å². The molecule has 0 unspecified atom stereocenters. The summed E-state index contributed by atoms with van der Waals surface area (Å²) in [5.41, 5.74) is 3.48. The van der Waals surface area contributed by atoms with E-state index in [0.717, 1.165) is 41.9 Å². The number of methoxy groups -OCH3 is 2. The van der Waals surface area contributed by atoms with Gasteiger partial charge in [-0.15, -0.1) is 0 Å². The molecule has 4 heteroatoms. The van der Waals surface area contributed by atoms with Gasteiger partial charge in [0.25, 0.3) is 0 Å². The van der Waals surface area contributed by atoms with Gasteiger partial charge in [-0.05, 0) is 43.0 Å². The molecule has 0 aliphatic carbocycles. The van der Waals surface area contributed by atoms with E-state index in [2.05, 4.69) is 32.1 Å². The van der Waals surface area contributed by atoms with E-state index >= 15 is 0 Å². The van der Waals surface area contributed by atoms with Crippen LogP contribution in [-0.4, -0.2) is 38.1 Å². The van der Waals surface area contributed by atoms with Crippen LogP contribution in [0.3, 0.4) is 0 Å². The molecule has 0 N–H and O–H groups in total. The maximum atomic E-state index is 13.1. The zero-order valence-electron chi connectivity index (χ0n) is 20.2. The number of nitrogens with zero attached hydrogens (tertiary/aromatic N) is 1. The summed E-state index contributed by atoms with van der Waals surface area (Å²) in [7, 11) is 3.29. The van der Waals surface area contributed by atoms with E-state index in [1.54, 1.807) is 14.2 Å². The quantitative estimate of drug-likeness (QED) is 0.315. The van der Waals surface area contributed by atoms with Gasteiger partial charge in [0.1, 0.15) is 0 Å². The van der Waals surface area contributed by atoms with Crippen LogP contribution in [0.4, 0.5) is 0 Å². The number of carbonyl (C=O) groups excluding carboxylic acids is 1. The highest BCUT2D eigenvalue weighted by atomic mass is 16.5. The molecule has 0 atom stereocenters. The molecule has 174 valence electrons. The molecule has 2 aromatic rings. The highest BCUT2D eigenvalue weighted by Gasteiger charge is 2.15. The highest BCUT2D eigenvalue weighted by molar-refractivity contribution is 5.76. The second-order valence-electron chi connectivity index (χ2n) is 8.32. The summed E-state index contributed by atoms with van der Waals surface area (Å²) in [6.45, 7) is 5.65. The third-order valence-electron chi connectivity index (χ3n) is 5.62. The van der Waals surface area contributed by atoms with E-state index in [1.165, 1.54) is 24.8 Å². The van der Waals surface area contributed by atoms with E-state index in [1.807, 2.05) is 41.3 Å². The van der Waals surface area contributed by atoms with Crippen LogP contribution in [-0.2, 0) is 11.2 Å². The molecule has 0 aromatic heterocycles. The van der Waals surface area contributed by atoms with E-state index in [-0.39, 0.29) is 5.91 Å². The van der Waals surface area contributed by atoms with Crippen LogP contribution in [0.15, 0.2) is 54.1 Å². The van der Waals surface area contributed by atoms with Gasteiger partial charge in [0.2, 0.25) is 5.91 Å². The average Bonchev–Trinajstić information content (AvgIpc) is 2.81. The molecule has 0 saturated heterocycles. The Hall–Kier alpha value is -2.75. The topological polar surface area (TPSA) is 38.8 Å². The van der Waals surface area contributed by atoms with Crippen molar-refractivity contribution in [3.8, 4) is 11.5 Å². The molecule has 4 nitrogen and oxygen atoms in total. The molecule has 0 aliphatic rings. The molecule has 2 rings (SSSR count). The van der Waals surface area contributed by atoms with Crippen LogP contribution < -0.4 is 9.47 Å². The summed E-state index contributed by atoms with van der Waals surface area (Å²) in [5.74, 6) is 1.68. The molecule has 0 aliphatic heterocycles. The van der Waals surface area contributed by atoms with Gasteiger partial charge in [-0.1, -0.05) is 80.7 Å². The first kappa shape index (κ1) is 25.5.